The molecule has 1 N–H and O–H groups in total. The van der Waals surface area contributed by atoms with Gasteiger partial charge in [0.2, 0.25) is 0 Å². The molecule has 1 aromatic carbocycles. The highest BCUT2D eigenvalue weighted by atomic mass is 32.1. The Bertz CT molecular complexity index is 429. The van der Waals surface area contributed by atoms with Crippen molar-refractivity contribution in [1.29, 1.82) is 0 Å². The predicted octanol–water partition coefficient (Wildman–Crippen LogP) is 3.17. The minimum Gasteiger partial charge on any atom is -0.392 e. The van der Waals surface area contributed by atoms with Crippen molar-refractivity contribution < 1.29 is 5.11 Å². The van der Waals surface area contributed by atoms with Crippen LogP contribution in [0.4, 0.5) is 0 Å². The molecule has 0 atom stereocenters. The Morgan fingerprint density at radius 2 is 1.93 bits per heavy atom. The van der Waals surface area contributed by atoms with Crippen LogP contribution in [0, 0.1) is 0 Å². The number of rotatable bonds is 3. The standard InChI is InChI=1S/C13H12OS/c14-9-8-12(13-7-4-10-15-13)11-5-2-1-3-6-11/h1-8,10,14H,9H2. The van der Waals surface area contributed by atoms with Gasteiger partial charge in [0.05, 0.1) is 6.61 Å². The zero-order valence-corrected chi connectivity index (χ0v) is 9.08. The Hall–Kier alpha value is -1.38. The van der Waals surface area contributed by atoms with Gasteiger partial charge in [-0.25, -0.2) is 0 Å². The Morgan fingerprint density at radius 3 is 2.53 bits per heavy atom. The van der Waals surface area contributed by atoms with Gasteiger partial charge in [-0.2, -0.15) is 0 Å². The van der Waals surface area contributed by atoms with E-state index in [1.54, 1.807) is 11.3 Å². The molecule has 0 aliphatic heterocycles. The van der Waals surface area contributed by atoms with E-state index in [9.17, 15) is 0 Å². The van der Waals surface area contributed by atoms with Crippen molar-refractivity contribution in [3.05, 3.63) is 64.4 Å². The van der Waals surface area contributed by atoms with Crippen LogP contribution in [0.2, 0.25) is 0 Å². The Labute approximate surface area is 93.3 Å². The lowest BCUT2D eigenvalue weighted by Gasteiger charge is -2.04. The van der Waals surface area contributed by atoms with Gasteiger partial charge in [-0.3, -0.25) is 0 Å². The summed E-state index contributed by atoms with van der Waals surface area (Å²) in [6.07, 6.45) is 1.85. The fraction of sp³-hybridized carbons (Fsp3) is 0.0769. The molecule has 0 unspecified atom stereocenters. The molecule has 1 heterocycles. The van der Waals surface area contributed by atoms with Gasteiger partial charge < -0.3 is 5.11 Å². The number of hydrogen-bond acceptors (Lipinski definition) is 2. The van der Waals surface area contributed by atoms with Crippen molar-refractivity contribution in [2.45, 2.75) is 0 Å². The van der Waals surface area contributed by atoms with Gasteiger partial charge in [-0.15, -0.1) is 11.3 Å². The van der Waals surface area contributed by atoms with E-state index >= 15 is 0 Å². The van der Waals surface area contributed by atoms with Crippen molar-refractivity contribution >= 4 is 16.9 Å². The fourth-order valence-electron chi connectivity index (χ4n) is 1.50. The van der Waals surface area contributed by atoms with Crippen LogP contribution < -0.4 is 0 Å². The van der Waals surface area contributed by atoms with Crippen LogP contribution in [-0.2, 0) is 0 Å². The molecule has 0 bridgehead atoms. The molecular formula is C13H12OS. The Morgan fingerprint density at radius 1 is 1.13 bits per heavy atom. The molecule has 0 spiro atoms. The number of aliphatic hydroxyl groups excluding tert-OH is 1. The quantitative estimate of drug-likeness (QED) is 0.835. The molecule has 1 nitrogen and oxygen atoms in total. The first-order valence-electron chi connectivity index (χ1n) is 4.82. The number of thiophene rings is 1. The van der Waals surface area contributed by atoms with Crippen LogP contribution in [0.1, 0.15) is 10.4 Å². The third-order valence-corrected chi connectivity index (χ3v) is 3.07. The van der Waals surface area contributed by atoms with Gasteiger partial charge in [-0.05, 0) is 28.7 Å². The minimum absolute atomic E-state index is 0.0716. The summed E-state index contributed by atoms with van der Waals surface area (Å²) < 4.78 is 0. The fourth-order valence-corrected chi connectivity index (χ4v) is 2.29. The highest BCUT2D eigenvalue weighted by Gasteiger charge is 2.04. The lowest BCUT2D eigenvalue weighted by Crippen LogP contribution is -1.86. The minimum atomic E-state index is 0.0716. The Balaban J connectivity index is 2.42. The summed E-state index contributed by atoms with van der Waals surface area (Å²) in [7, 11) is 0. The number of hydrogen-bond donors (Lipinski definition) is 1. The monoisotopic (exact) mass is 216 g/mol. The maximum Gasteiger partial charge on any atom is 0.0621 e. The third-order valence-electron chi connectivity index (χ3n) is 2.17. The summed E-state index contributed by atoms with van der Waals surface area (Å²) >= 11 is 1.69. The summed E-state index contributed by atoms with van der Waals surface area (Å²) in [5.74, 6) is 0. The topological polar surface area (TPSA) is 20.2 Å². The van der Waals surface area contributed by atoms with Gasteiger partial charge in [0.25, 0.3) is 0 Å². The van der Waals surface area contributed by atoms with Crippen molar-refractivity contribution in [3.8, 4) is 0 Å². The molecule has 2 heteroatoms. The van der Waals surface area contributed by atoms with E-state index in [1.165, 1.54) is 4.88 Å². The predicted molar refractivity (Wildman–Crippen MR) is 64.9 cm³/mol. The molecule has 76 valence electrons. The van der Waals surface area contributed by atoms with Crippen molar-refractivity contribution in [3.63, 3.8) is 0 Å². The second-order valence-corrected chi connectivity index (χ2v) is 4.09. The largest absolute Gasteiger partial charge is 0.392 e. The second kappa shape index (κ2) is 4.91. The zero-order valence-electron chi connectivity index (χ0n) is 8.26. The Kier molecular flexibility index (Phi) is 3.33. The molecule has 0 radical (unpaired) electrons. The van der Waals surface area contributed by atoms with E-state index in [-0.39, 0.29) is 6.61 Å². The maximum absolute atomic E-state index is 9.03. The molecule has 15 heavy (non-hydrogen) atoms. The number of aliphatic hydroxyl groups is 1. The summed E-state index contributed by atoms with van der Waals surface area (Å²) in [6, 6.07) is 14.2. The van der Waals surface area contributed by atoms with Crippen molar-refractivity contribution in [1.82, 2.24) is 0 Å². The van der Waals surface area contributed by atoms with Crippen molar-refractivity contribution in [2.75, 3.05) is 6.61 Å². The van der Waals surface area contributed by atoms with E-state index in [0.717, 1.165) is 11.1 Å². The highest BCUT2D eigenvalue weighted by Crippen LogP contribution is 2.26. The first-order chi connectivity index (χ1) is 7.42. The van der Waals surface area contributed by atoms with Crippen LogP contribution in [0.5, 0.6) is 0 Å². The van der Waals surface area contributed by atoms with Crippen LogP contribution in [-0.4, -0.2) is 11.7 Å². The summed E-state index contributed by atoms with van der Waals surface area (Å²) in [5, 5.41) is 11.1. The average Bonchev–Trinajstić information content (AvgIpc) is 2.80. The van der Waals surface area contributed by atoms with Gasteiger partial charge in [0, 0.05) is 4.88 Å². The molecular weight excluding hydrogens is 204 g/mol. The van der Waals surface area contributed by atoms with Crippen LogP contribution in [0.3, 0.4) is 0 Å². The first kappa shape index (κ1) is 10.1. The molecule has 1 aromatic heterocycles. The van der Waals surface area contributed by atoms with Crippen LogP contribution >= 0.6 is 11.3 Å². The SMILES string of the molecule is OCC=C(c1ccccc1)c1cccs1. The molecule has 0 amide bonds. The van der Waals surface area contributed by atoms with E-state index in [1.807, 2.05) is 35.7 Å². The van der Waals surface area contributed by atoms with E-state index in [0.29, 0.717) is 0 Å². The van der Waals surface area contributed by atoms with E-state index in [4.69, 9.17) is 5.11 Å². The summed E-state index contributed by atoms with van der Waals surface area (Å²) in [5.41, 5.74) is 2.25. The van der Waals surface area contributed by atoms with Gasteiger partial charge in [0.1, 0.15) is 0 Å². The van der Waals surface area contributed by atoms with E-state index in [2.05, 4.69) is 18.2 Å². The summed E-state index contributed by atoms with van der Waals surface area (Å²) in [4.78, 5) is 1.19. The van der Waals surface area contributed by atoms with Gasteiger partial charge in [-0.1, -0.05) is 36.4 Å². The summed E-state index contributed by atoms with van der Waals surface area (Å²) in [6.45, 7) is 0.0716. The van der Waals surface area contributed by atoms with E-state index < -0.39 is 0 Å². The lowest BCUT2D eigenvalue weighted by atomic mass is 10.0. The molecule has 2 aromatic rings. The molecule has 0 saturated heterocycles. The number of benzene rings is 1. The second-order valence-electron chi connectivity index (χ2n) is 3.14. The first-order valence-corrected chi connectivity index (χ1v) is 5.70. The van der Waals surface area contributed by atoms with Crippen molar-refractivity contribution in [2.24, 2.45) is 0 Å². The molecule has 0 saturated carbocycles. The highest BCUT2D eigenvalue weighted by molar-refractivity contribution is 7.11. The molecule has 0 fully saturated rings. The van der Waals surface area contributed by atoms with Crippen LogP contribution in [0.25, 0.3) is 5.57 Å². The smallest absolute Gasteiger partial charge is 0.0621 e. The normalized spacial score (nSPS) is 11.7. The third kappa shape index (κ3) is 2.35. The lowest BCUT2D eigenvalue weighted by molar-refractivity contribution is 0.343. The molecule has 0 aliphatic carbocycles. The van der Waals surface area contributed by atoms with Gasteiger partial charge in [0.15, 0.2) is 0 Å². The maximum atomic E-state index is 9.03. The average molecular weight is 216 g/mol. The van der Waals surface area contributed by atoms with Gasteiger partial charge >= 0.3 is 0 Å². The van der Waals surface area contributed by atoms with Crippen LogP contribution in [0.15, 0.2) is 53.9 Å². The molecule has 0 aliphatic rings. The zero-order chi connectivity index (χ0) is 10.5. The molecule has 2 rings (SSSR count).